The van der Waals surface area contributed by atoms with E-state index in [9.17, 15) is 13.6 Å². The Morgan fingerprint density at radius 1 is 0.714 bits per heavy atom. The monoisotopic (exact) mass is 559 g/mol. The Bertz CT molecular complexity index is 1780. The first kappa shape index (κ1) is 27.0. The van der Waals surface area contributed by atoms with Crippen LogP contribution in [0.1, 0.15) is 27.0 Å². The first-order valence-electron chi connectivity index (χ1n) is 13.5. The van der Waals surface area contributed by atoms with Crippen molar-refractivity contribution in [2.24, 2.45) is 0 Å². The van der Waals surface area contributed by atoms with E-state index in [4.69, 9.17) is 9.15 Å². The summed E-state index contributed by atoms with van der Waals surface area (Å²) in [5.74, 6) is 0.465. The maximum Gasteiger partial charge on any atom is 0.197 e. The van der Waals surface area contributed by atoms with E-state index in [0.29, 0.717) is 41.3 Å². The quantitative estimate of drug-likeness (QED) is 0.166. The molecular formula is C36H27F2NO3. The van der Waals surface area contributed by atoms with Crippen molar-refractivity contribution in [2.45, 2.75) is 13.1 Å². The van der Waals surface area contributed by atoms with Gasteiger partial charge in [-0.15, -0.1) is 0 Å². The van der Waals surface area contributed by atoms with Crippen LogP contribution < -0.4 is 9.64 Å². The van der Waals surface area contributed by atoms with Gasteiger partial charge in [0.05, 0.1) is 12.7 Å². The lowest BCUT2D eigenvalue weighted by molar-refractivity contribution is 0.104. The molecule has 0 bridgehead atoms. The summed E-state index contributed by atoms with van der Waals surface area (Å²) < 4.78 is 38.6. The minimum Gasteiger partial charge on any atom is -0.497 e. The van der Waals surface area contributed by atoms with Crippen molar-refractivity contribution in [1.29, 1.82) is 0 Å². The second-order valence-electron chi connectivity index (χ2n) is 10.0. The third-order valence-corrected chi connectivity index (χ3v) is 7.24. The van der Waals surface area contributed by atoms with Crippen LogP contribution in [0.15, 0.2) is 126 Å². The molecule has 0 N–H and O–H groups in total. The highest BCUT2D eigenvalue weighted by atomic mass is 19.1. The number of nitrogens with zero attached hydrogens (tertiary/aromatic N) is 1. The molecule has 5 aromatic carbocycles. The molecule has 1 heterocycles. The molecule has 6 aromatic rings. The number of anilines is 1. The number of furan rings is 1. The molecule has 0 spiro atoms. The summed E-state index contributed by atoms with van der Waals surface area (Å²) in [6.07, 6.45) is 0. The highest BCUT2D eigenvalue weighted by molar-refractivity contribution is 6.19. The fourth-order valence-corrected chi connectivity index (χ4v) is 5.04. The first-order chi connectivity index (χ1) is 20.5. The molecule has 42 heavy (non-hydrogen) atoms. The van der Waals surface area contributed by atoms with E-state index in [2.05, 4.69) is 4.90 Å². The molecule has 6 heteroatoms. The highest BCUT2D eigenvalue weighted by Crippen LogP contribution is 2.36. The Morgan fingerprint density at radius 2 is 1.29 bits per heavy atom. The molecule has 0 aliphatic rings. The molecule has 0 atom stereocenters. The summed E-state index contributed by atoms with van der Waals surface area (Å²) in [7, 11) is 1.61. The molecule has 4 nitrogen and oxygen atoms in total. The number of carbonyl (C=O) groups excluding carboxylic acids is 1. The van der Waals surface area contributed by atoms with Crippen LogP contribution >= 0.6 is 0 Å². The van der Waals surface area contributed by atoms with Gasteiger partial charge in [-0.1, -0.05) is 42.5 Å². The Balaban J connectivity index is 1.34. The maximum atomic E-state index is 14.0. The third kappa shape index (κ3) is 5.65. The van der Waals surface area contributed by atoms with Gasteiger partial charge in [0, 0.05) is 35.3 Å². The van der Waals surface area contributed by atoms with Crippen LogP contribution in [0.4, 0.5) is 14.5 Å². The van der Waals surface area contributed by atoms with Crippen molar-refractivity contribution in [1.82, 2.24) is 0 Å². The van der Waals surface area contributed by atoms with E-state index >= 15 is 0 Å². The van der Waals surface area contributed by atoms with Crippen LogP contribution in [0.3, 0.4) is 0 Å². The van der Waals surface area contributed by atoms with Crippen molar-refractivity contribution in [3.63, 3.8) is 0 Å². The molecule has 0 fully saturated rings. The average Bonchev–Trinajstić information content (AvgIpc) is 3.42. The third-order valence-electron chi connectivity index (χ3n) is 7.24. The summed E-state index contributed by atoms with van der Waals surface area (Å²) in [5.41, 5.74) is 5.14. The van der Waals surface area contributed by atoms with Gasteiger partial charge in [0.25, 0.3) is 0 Å². The maximum absolute atomic E-state index is 14.0. The van der Waals surface area contributed by atoms with Gasteiger partial charge in [-0.05, 0) is 90.0 Å². The lowest BCUT2D eigenvalue weighted by atomic mass is 9.97. The molecular weight excluding hydrogens is 532 g/mol. The number of rotatable bonds is 9. The number of hydrogen-bond donors (Lipinski definition) is 0. The van der Waals surface area contributed by atoms with Crippen LogP contribution in [0.2, 0.25) is 0 Å². The predicted molar refractivity (Wildman–Crippen MR) is 161 cm³/mol. The van der Waals surface area contributed by atoms with Gasteiger partial charge in [-0.3, -0.25) is 4.79 Å². The predicted octanol–water partition coefficient (Wildman–Crippen LogP) is 8.82. The van der Waals surface area contributed by atoms with Crippen LogP contribution in [-0.2, 0) is 13.1 Å². The molecule has 208 valence electrons. The first-order valence-corrected chi connectivity index (χ1v) is 13.5. The Hall–Kier alpha value is -5.23. The van der Waals surface area contributed by atoms with Crippen molar-refractivity contribution in [3.05, 3.63) is 155 Å². The second kappa shape index (κ2) is 11.7. The van der Waals surface area contributed by atoms with Crippen LogP contribution in [0, 0.1) is 11.6 Å². The average molecular weight is 560 g/mol. The standard InChI is InChI=1S/C36H27F2NO3/c1-41-31-20-12-27(13-21-31)36-34(32-4-2-3-5-33(32)42-36)35(40)26-10-18-30(19-11-26)39(22-24-6-14-28(37)15-7-24)23-25-8-16-29(38)17-9-25/h2-21H,22-23H2,1H3. The molecule has 1 aromatic heterocycles. The molecule has 0 amide bonds. The van der Waals surface area contributed by atoms with Crippen molar-refractivity contribution in [2.75, 3.05) is 12.0 Å². The number of benzene rings is 5. The van der Waals surface area contributed by atoms with E-state index < -0.39 is 0 Å². The minimum absolute atomic E-state index is 0.152. The fraction of sp³-hybridized carbons (Fsp3) is 0.0833. The number of ketones is 1. The summed E-state index contributed by atoms with van der Waals surface area (Å²) in [5, 5.41) is 0.742. The van der Waals surface area contributed by atoms with Crippen LogP contribution in [0.5, 0.6) is 5.75 Å². The zero-order chi connectivity index (χ0) is 29.1. The van der Waals surface area contributed by atoms with Crippen LogP contribution in [-0.4, -0.2) is 12.9 Å². The number of halogens is 2. The zero-order valence-corrected chi connectivity index (χ0v) is 22.9. The van der Waals surface area contributed by atoms with Gasteiger partial charge >= 0.3 is 0 Å². The molecule has 0 unspecified atom stereocenters. The zero-order valence-electron chi connectivity index (χ0n) is 22.9. The summed E-state index contributed by atoms with van der Waals surface area (Å²) in [6.45, 7) is 0.998. The molecule has 6 rings (SSSR count). The molecule has 0 radical (unpaired) electrons. The van der Waals surface area contributed by atoms with Gasteiger partial charge in [0.15, 0.2) is 5.78 Å². The molecule has 0 saturated heterocycles. The van der Waals surface area contributed by atoms with E-state index in [1.807, 2.05) is 60.7 Å². The SMILES string of the molecule is COc1ccc(-c2oc3ccccc3c2C(=O)c2ccc(N(Cc3ccc(F)cc3)Cc3ccc(F)cc3)cc2)cc1. The largest absolute Gasteiger partial charge is 0.497 e. The van der Waals surface area contributed by atoms with E-state index in [1.165, 1.54) is 24.3 Å². The summed E-state index contributed by atoms with van der Waals surface area (Å²) in [6, 6.07) is 35.1. The summed E-state index contributed by atoms with van der Waals surface area (Å²) >= 11 is 0. The number of hydrogen-bond acceptors (Lipinski definition) is 4. The van der Waals surface area contributed by atoms with Crippen molar-refractivity contribution >= 4 is 22.4 Å². The lowest BCUT2D eigenvalue weighted by Gasteiger charge is -2.25. The number of para-hydroxylation sites is 1. The van der Waals surface area contributed by atoms with Gasteiger partial charge in [-0.2, -0.15) is 0 Å². The topological polar surface area (TPSA) is 42.7 Å². The van der Waals surface area contributed by atoms with Crippen molar-refractivity contribution in [3.8, 4) is 17.1 Å². The van der Waals surface area contributed by atoms with Crippen LogP contribution in [0.25, 0.3) is 22.3 Å². The number of fused-ring (bicyclic) bond motifs is 1. The lowest BCUT2D eigenvalue weighted by Crippen LogP contribution is -2.22. The van der Waals surface area contributed by atoms with Gasteiger partial charge in [0.2, 0.25) is 0 Å². The minimum atomic E-state index is -0.299. The highest BCUT2D eigenvalue weighted by Gasteiger charge is 2.23. The molecule has 0 aliphatic heterocycles. The fourth-order valence-electron chi connectivity index (χ4n) is 5.04. The Labute approximate surface area is 242 Å². The summed E-state index contributed by atoms with van der Waals surface area (Å²) in [4.78, 5) is 16.1. The van der Waals surface area contributed by atoms with Crippen molar-refractivity contribution < 1.29 is 22.7 Å². The van der Waals surface area contributed by atoms with E-state index in [-0.39, 0.29) is 17.4 Å². The van der Waals surface area contributed by atoms with E-state index in [0.717, 1.165) is 27.8 Å². The van der Waals surface area contributed by atoms with Gasteiger partial charge in [-0.25, -0.2) is 8.78 Å². The van der Waals surface area contributed by atoms with Gasteiger partial charge < -0.3 is 14.1 Å². The molecule has 0 aliphatic carbocycles. The second-order valence-corrected chi connectivity index (χ2v) is 10.0. The Kier molecular flexibility index (Phi) is 7.52. The molecule has 0 saturated carbocycles. The normalized spacial score (nSPS) is 11.0. The number of ether oxygens (including phenoxy) is 1. The van der Waals surface area contributed by atoms with E-state index in [1.54, 1.807) is 43.5 Å². The number of carbonyl (C=O) groups is 1. The van der Waals surface area contributed by atoms with Gasteiger partial charge in [0.1, 0.15) is 28.7 Å². The smallest absolute Gasteiger partial charge is 0.197 e. The Morgan fingerprint density at radius 3 is 1.86 bits per heavy atom. The number of methoxy groups -OCH3 is 1.